The van der Waals surface area contributed by atoms with Crippen LogP contribution in [0.25, 0.3) is 0 Å². The van der Waals surface area contributed by atoms with Crippen LogP contribution in [-0.4, -0.2) is 15.8 Å². The Kier molecular flexibility index (Phi) is 3.28. The molecule has 0 atom stereocenters. The zero-order chi connectivity index (χ0) is 14.0. The number of oxazole rings is 1. The second-order valence-corrected chi connectivity index (χ2v) is 3.96. The molecule has 1 aromatic carbocycles. The number of anilines is 1. The average Bonchev–Trinajstić information content (AvgIpc) is 2.78. The van der Waals surface area contributed by atoms with Crippen molar-refractivity contribution >= 4 is 17.3 Å². The Hall–Kier alpha value is -2.70. The van der Waals surface area contributed by atoms with E-state index in [1.165, 1.54) is 18.4 Å². The number of nitrogens with zero attached hydrogens (tertiary/aromatic N) is 2. The number of hydrogen-bond acceptors (Lipinski definition) is 5. The van der Waals surface area contributed by atoms with Crippen molar-refractivity contribution in [1.29, 1.82) is 0 Å². The monoisotopic (exact) mass is 261 g/mol. The summed E-state index contributed by atoms with van der Waals surface area (Å²) >= 11 is 0. The summed E-state index contributed by atoms with van der Waals surface area (Å²) in [5.74, 6) is -0.0960. The summed E-state index contributed by atoms with van der Waals surface area (Å²) in [7, 11) is 0. The van der Waals surface area contributed by atoms with Gasteiger partial charge in [0.05, 0.1) is 10.6 Å². The molecule has 1 heterocycles. The van der Waals surface area contributed by atoms with E-state index in [2.05, 4.69) is 10.3 Å². The number of aromatic nitrogens is 1. The van der Waals surface area contributed by atoms with Crippen LogP contribution in [0, 0.1) is 24.0 Å². The van der Waals surface area contributed by atoms with E-state index in [0.717, 1.165) is 5.56 Å². The molecular formula is C12H11N3O4. The topological polar surface area (TPSA) is 98.3 Å². The van der Waals surface area contributed by atoms with Gasteiger partial charge >= 0.3 is 0 Å². The Labute approximate surface area is 108 Å². The van der Waals surface area contributed by atoms with Crippen molar-refractivity contribution < 1.29 is 14.1 Å². The van der Waals surface area contributed by atoms with Gasteiger partial charge in [0.1, 0.15) is 6.26 Å². The fourth-order valence-corrected chi connectivity index (χ4v) is 1.51. The van der Waals surface area contributed by atoms with Crippen molar-refractivity contribution in [2.75, 3.05) is 5.32 Å². The van der Waals surface area contributed by atoms with Gasteiger partial charge in [-0.05, 0) is 12.5 Å². The van der Waals surface area contributed by atoms with Crippen LogP contribution < -0.4 is 5.32 Å². The molecule has 0 fully saturated rings. The lowest BCUT2D eigenvalue weighted by atomic mass is 10.2. The summed E-state index contributed by atoms with van der Waals surface area (Å²) in [5.41, 5.74) is 1.14. The molecule has 0 bridgehead atoms. The van der Waals surface area contributed by atoms with E-state index in [1.807, 2.05) is 0 Å². The fourth-order valence-electron chi connectivity index (χ4n) is 1.51. The molecule has 0 saturated carbocycles. The van der Waals surface area contributed by atoms with Gasteiger partial charge in [-0.3, -0.25) is 14.9 Å². The Morgan fingerprint density at radius 1 is 1.42 bits per heavy atom. The molecule has 1 N–H and O–H groups in total. The average molecular weight is 261 g/mol. The molecule has 2 aromatic rings. The van der Waals surface area contributed by atoms with Gasteiger partial charge in [-0.15, -0.1) is 0 Å². The minimum atomic E-state index is -0.519. The molecule has 0 saturated heterocycles. The summed E-state index contributed by atoms with van der Waals surface area (Å²) in [6, 6.07) is 4.26. The first-order valence-electron chi connectivity index (χ1n) is 5.46. The van der Waals surface area contributed by atoms with Crippen molar-refractivity contribution in [3.05, 3.63) is 51.7 Å². The van der Waals surface area contributed by atoms with Gasteiger partial charge in [-0.25, -0.2) is 4.98 Å². The smallest absolute Gasteiger partial charge is 0.277 e. The van der Waals surface area contributed by atoms with E-state index in [1.54, 1.807) is 19.9 Å². The SMILES string of the molecule is Cc1nc(C(=O)Nc2cc([N+](=O)[O-])ccc2C)co1. The van der Waals surface area contributed by atoms with E-state index in [0.29, 0.717) is 11.6 Å². The lowest BCUT2D eigenvalue weighted by molar-refractivity contribution is -0.384. The maximum absolute atomic E-state index is 11.9. The molecule has 0 unspecified atom stereocenters. The largest absolute Gasteiger partial charge is 0.448 e. The Morgan fingerprint density at radius 3 is 2.74 bits per heavy atom. The van der Waals surface area contributed by atoms with Crippen molar-refractivity contribution in [3.8, 4) is 0 Å². The highest BCUT2D eigenvalue weighted by Crippen LogP contribution is 2.22. The number of nitrogens with one attached hydrogen (secondary N) is 1. The molecule has 0 radical (unpaired) electrons. The number of benzene rings is 1. The van der Waals surface area contributed by atoms with Gasteiger partial charge in [0.2, 0.25) is 0 Å². The number of hydrogen-bond donors (Lipinski definition) is 1. The molecular weight excluding hydrogens is 250 g/mol. The zero-order valence-electron chi connectivity index (χ0n) is 10.3. The summed E-state index contributed by atoms with van der Waals surface area (Å²) in [4.78, 5) is 25.9. The molecule has 98 valence electrons. The van der Waals surface area contributed by atoms with E-state index in [-0.39, 0.29) is 11.4 Å². The second kappa shape index (κ2) is 4.89. The number of nitro benzene ring substituents is 1. The van der Waals surface area contributed by atoms with Crippen LogP contribution in [0.1, 0.15) is 21.9 Å². The molecule has 0 aliphatic rings. The van der Waals surface area contributed by atoms with Crippen LogP contribution in [0.5, 0.6) is 0 Å². The third-order valence-electron chi connectivity index (χ3n) is 2.53. The number of nitro groups is 1. The van der Waals surface area contributed by atoms with Crippen molar-refractivity contribution in [2.45, 2.75) is 13.8 Å². The highest BCUT2D eigenvalue weighted by molar-refractivity contribution is 6.03. The lowest BCUT2D eigenvalue weighted by Gasteiger charge is -2.06. The molecule has 0 aliphatic carbocycles. The predicted molar refractivity (Wildman–Crippen MR) is 67.0 cm³/mol. The maximum atomic E-state index is 11.9. The van der Waals surface area contributed by atoms with Gasteiger partial charge in [-0.2, -0.15) is 0 Å². The normalized spacial score (nSPS) is 10.2. The second-order valence-electron chi connectivity index (χ2n) is 3.96. The van der Waals surface area contributed by atoms with Crippen molar-refractivity contribution in [1.82, 2.24) is 4.98 Å². The first kappa shape index (κ1) is 12.7. The van der Waals surface area contributed by atoms with E-state index < -0.39 is 10.8 Å². The van der Waals surface area contributed by atoms with Gasteiger partial charge in [-0.1, -0.05) is 6.07 Å². The minimum Gasteiger partial charge on any atom is -0.448 e. The summed E-state index contributed by atoms with van der Waals surface area (Å²) in [6.45, 7) is 3.36. The number of carbonyl (C=O) groups is 1. The summed E-state index contributed by atoms with van der Waals surface area (Å²) < 4.78 is 4.94. The standard InChI is InChI=1S/C12H11N3O4/c1-7-3-4-9(15(17)18)5-10(7)14-12(16)11-6-19-8(2)13-11/h3-6H,1-2H3,(H,14,16). The number of carbonyl (C=O) groups excluding carboxylic acids is 1. The van der Waals surface area contributed by atoms with E-state index >= 15 is 0 Å². The van der Waals surface area contributed by atoms with Crippen LogP contribution >= 0.6 is 0 Å². The highest BCUT2D eigenvalue weighted by Gasteiger charge is 2.14. The summed E-state index contributed by atoms with van der Waals surface area (Å²) in [6.07, 6.45) is 1.23. The number of rotatable bonds is 3. The molecule has 7 nitrogen and oxygen atoms in total. The van der Waals surface area contributed by atoms with Crippen LogP contribution in [0.15, 0.2) is 28.9 Å². The van der Waals surface area contributed by atoms with Crippen LogP contribution in [0.3, 0.4) is 0 Å². The highest BCUT2D eigenvalue weighted by atomic mass is 16.6. The number of amides is 1. The molecule has 0 aliphatic heterocycles. The van der Waals surface area contributed by atoms with Crippen LogP contribution in [0.4, 0.5) is 11.4 Å². The maximum Gasteiger partial charge on any atom is 0.277 e. The molecule has 19 heavy (non-hydrogen) atoms. The number of aryl methyl sites for hydroxylation is 2. The van der Waals surface area contributed by atoms with Gasteiger partial charge in [0.15, 0.2) is 11.6 Å². The summed E-state index contributed by atoms with van der Waals surface area (Å²) in [5, 5.41) is 13.3. The van der Waals surface area contributed by atoms with Gasteiger partial charge < -0.3 is 9.73 Å². The van der Waals surface area contributed by atoms with Gasteiger partial charge in [0.25, 0.3) is 11.6 Å². The quantitative estimate of drug-likeness (QED) is 0.675. The zero-order valence-corrected chi connectivity index (χ0v) is 10.3. The number of non-ortho nitro benzene ring substituents is 1. The minimum absolute atomic E-state index is 0.0859. The molecule has 2 rings (SSSR count). The molecule has 1 amide bonds. The van der Waals surface area contributed by atoms with Crippen molar-refractivity contribution in [2.24, 2.45) is 0 Å². The lowest BCUT2D eigenvalue weighted by Crippen LogP contribution is -2.13. The third kappa shape index (κ3) is 2.76. The fraction of sp³-hybridized carbons (Fsp3) is 0.167. The first-order chi connectivity index (χ1) is 8.97. The molecule has 7 heteroatoms. The first-order valence-corrected chi connectivity index (χ1v) is 5.46. The molecule has 0 spiro atoms. The molecule has 1 aromatic heterocycles. The van der Waals surface area contributed by atoms with E-state index in [9.17, 15) is 14.9 Å². The van der Waals surface area contributed by atoms with Crippen molar-refractivity contribution in [3.63, 3.8) is 0 Å². The third-order valence-corrected chi connectivity index (χ3v) is 2.53. The van der Waals surface area contributed by atoms with E-state index in [4.69, 9.17) is 4.42 Å². The van der Waals surface area contributed by atoms with Crippen LogP contribution in [-0.2, 0) is 0 Å². The Morgan fingerprint density at radius 2 is 2.16 bits per heavy atom. The van der Waals surface area contributed by atoms with Gasteiger partial charge in [0, 0.05) is 19.1 Å². The van der Waals surface area contributed by atoms with Crippen LogP contribution in [0.2, 0.25) is 0 Å². The predicted octanol–water partition coefficient (Wildman–Crippen LogP) is 2.45. The Balaban J connectivity index is 2.25. The Bertz CT molecular complexity index is 648.